The summed E-state index contributed by atoms with van der Waals surface area (Å²) in [6.45, 7) is 1.58. The van der Waals surface area contributed by atoms with Crippen LogP contribution < -0.4 is 0 Å². The molecule has 1 aromatic heterocycles. The van der Waals surface area contributed by atoms with Crippen LogP contribution in [-0.4, -0.2) is 18.4 Å². The molecular weight excluding hydrogens is 298 g/mol. The van der Waals surface area contributed by atoms with Crippen LogP contribution in [0.2, 0.25) is 0 Å². The first-order valence-electron chi connectivity index (χ1n) is 6.52. The number of thiophene rings is 1. The average molecular weight is 311 g/mol. The minimum atomic E-state index is -0.798. The van der Waals surface area contributed by atoms with E-state index < -0.39 is 5.97 Å². The van der Waals surface area contributed by atoms with E-state index in [4.69, 9.17) is 10.00 Å². The first-order chi connectivity index (χ1) is 10.6. The minimum Gasteiger partial charge on any atom is -0.453 e. The van der Waals surface area contributed by atoms with Crippen LogP contribution in [0.5, 0.6) is 0 Å². The predicted molar refractivity (Wildman–Crippen MR) is 84.4 cm³/mol. The van der Waals surface area contributed by atoms with Gasteiger partial charge in [0, 0.05) is 0 Å². The third kappa shape index (κ3) is 4.14. The van der Waals surface area contributed by atoms with Crippen LogP contribution >= 0.6 is 11.3 Å². The minimum absolute atomic E-state index is 0.136. The van der Waals surface area contributed by atoms with Gasteiger partial charge in [0.2, 0.25) is 5.78 Å². The second-order valence-corrected chi connectivity index (χ2v) is 5.50. The molecule has 0 spiro atoms. The first-order valence-corrected chi connectivity index (χ1v) is 7.40. The molecule has 110 valence electrons. The van der Waals surface area contributed by atoms with Gasteiger partial charge in [0.1, 0.15) is 11.6 Å². The number of hydrogen-bond donors (Lipinski definition) is 0. The summed E-state index contributed by atoms with van der Waals surface area (Å²) in [4.78, 5) is 24.1. The molecule has 0 N–H and O–H groups in total. The maximum Gasteiger partial charge on any atom is 0.349 e. The molecular formula is C17H13NO3S. The molecule has 1 aromatic carbocycles. The summed E-state index contributed by atoms with van der Waals surface area (Å²) in [5.41, 5.74) is 1.67. The highest BCUT2D eigenvalue weighted by Crippen LogP contribution is 2.12. The van der Waals surface area contributed by atoms with E-state index >= 15 is 0 Å². The molecule has 0 bridgehead atoms. The van der Waals surface area contributed by atoms with Gasteiger partial charge in [-0.3, -0.25) is 4.79 Å². The summed E-state index contributed by atoms with van der Waals surface area (Å²) in [6.07, 6.45) is 1.44. The number of aryl methyl sites for hydroxylation is 1. The molecule has 5 heteroatoms. The van der Waals surface area contributed by atoms with Gasteiger partial charge in [-0.25, -0.2) is 4.79 Å². The van der Waals surface area contributed by atoms with Crippen molar-refractivity contribution in [1.29, 1.82) is 5.26 Å². The maximum atomic E-state index is 11.9. The molecule has 0 fully saturated rings. The number of nitriles is 1. The second kappa shape index (κ2) is 7.34. The Labute approximate surface area is 132 Å². The van der Waals surface area contributed by atoms with E-state index in [1.165, 1.54) is 17.4 Å². The zero-order valence-corrected chi connectivity index (χ0v) is 12.7. The number of ketones is 1. The third-order valence-electron chi connectivity index (χ3n) is 2.86. The quantitative estimate of drug-likeness (QED) is 0.367. The van der Waals surface area contributed by atoms with E-state index in [-0.39, 0.29) is 18.0 Å². The van der Waals surface area contributed by atoms with Gasteiger partial charge >= 0.3 is 5.97 Å². The van der Waals surface area contributed by atoms with Gasteiger partial charge < -0.3 is 4.74 Å². The van der Waals surface area contributed by atoms with Gasteiger partial charge in [-0.05, 0) is 30.0 Å². The lowest BCUT2D eigenvalue weighted by atomic mass is 10.1. The van der Waals surface area contributed by atoms with Crippen molar-refractivity contribution in [3.05, 3.63) is 63.4 Å². The van der Waals surface area contributed by atoms with Crippen LogP contribution in [0.1, 0.15) is 20.8 Å². The summed E-state index contributed by atoms with van der Waals surface area (Å²) in [5.74, 6) is -1.08. The van der Waals surface area contributed by atoms with Gasteiger partial charge in [-0.2, -0.15) is 5.26 Å². The Morgan fingerprint density at radius 2 is 2.00 bits per heavy atom. The van der Waals surface area contributed by atoms with Crippen LogP contribution in [0.25, 0.3) is 6.08 Å². The van der Waals surface area contributed by atoms with Crippen LogP contribution in [0.15, 0.2) is 47.4 Å². The van der Waals surface area contributed by atoms with E-state index in [0.717, 1.165) is 11.1 Å². The van der Waals surface area contributed by atoms with Crippen molar-refractivity contribution in [2.45, 2.75) is 6.92 Å². The van der Waals surface area contributed by atoms with Crippen molar-refractivity contribution in [2.75, 3.05) is 6.61 Å². The molecule has 0 saturated carbocycles. The summed E-state index contributed by atoms with van der Waals surface area (Å²) in [5, 5.41) is 10.8. The van der Waals surface area contributed by atoms with Crippen molar-refractivity contribution in [1.82, 2.24) is 0 Å². The van der Waals surface area contributed by atoms with Crippen molar-refractivity contribution < 1.29 is 14.3 Å². The molecule has 0 amide bonds. The molecule has 0 atom stereocenters. The zero-order chi connectivity index (χ0) is 15.9. The summed E-state index contributed by atoms with van der Waals surface area (Å²) < 4.78 is 4.90. The van der Waals surface area contributed by atoms with Gasteiger partial charge in [0.15, 0.2) is 6.61 Å². The second-order valence-electron chi connectivity index (χ2n) is 4.56. The highest BCUT2D eigenvalue weighted by atomic mass is 32.1. The Bertz CT molecular complexity index is 737. The van der Waals surface area contributed by atoms with Crippen molar-refractivity contribution in [2.24, 2.45) is 0 Å². The average Bonchev–Trinajstić information content (AvgIpc) is 3.06. The molecule has 2 aromatic rings. The number of ether oxygens (including phenoxy) is 1. The van der Waals surface area contributed by atoms with E-state index in [2.05, 4.69) is 0 Å². The Morgan fingerprint density at radius 3 is 2.59 bits per heavy atom. The normalized spacial score (nSPS) is 10.8. The maximum absolute atomic E-state index is 11.9. The SMILES string of the molecule is Cc1ccc(/C=C(\C#N)C(=O)OCC(=O)c2cccs2)cc1. The summed E-state index contributed by atoms with van der Waals surface area (Å²) >= 11 is 1.28. The molecule has 1 heterocycles. The molecule has 0 saturated heterocycles. The lowest BCUT2D eigenvalue weighted by Gasteiger charge is -2.02. The highest BCUT2D eigenvalue weighted by Gasteiger charge is 2.14. The van der Waals surface area contributed by atoms with Gasteiger partial charge in [-0.1, -0.05) is 35.9 Å². The molecule has 2 rings (SSSR count). The van der Waals surface area contributed by atoms with Gasteiger partial charge in [0.25, 0.3) is 0 Å². The number of Topliss-reactive ketones (excluding diaryl/α,β-unsaturated/α-hetero) is 1. The standard InChI is InChI=1S/C17H13NO3S/c1-12-4-6-13(7-5-12)9-14(10-18)17(20)21-11-15(19)16-3-2-8-22-16/h2-9H,11H2,1H3/b14-9+. The number of nitrogens with zero attached hydrogens (tertiary/aromatic N) is 1. The molecule has 0 unspecified atom stereocenters. The Balaban J connectivity index is 2.02. The molecule has 22 heavy (non-hydrogen) atoms. The Hall–Kier alpha value is -2.71. The molecule has 0 aliphatic heterocycles. The van der Waals surface area contributed by atoms with Crippen molar-refractivity contribution in [3.8, 4) is 6.07 Å². The summed E-state index contributed by atoms with van der Waals surface area (Å²) in [6, 6.07) is 12.6. The van der Waals surface area contributed by atoms with Crippen LogP contribution in [0.3, 0.4) is 0 Å². The monoisotopic (exact) mass is 311 g/mol. The molecule has 4 nitrogen and oxygen atoms in total. The third-order valence-corrected chi connectivity index (χ3v) is 3.77. The molecule has 0 aliphatic rings. The lowest BCUT2D eigenvalue weighted by molar-refractivity contribution is -0.137. The fraction of sp³-hybridized carbons (Fsp3) is 0.118. The number of carbonyl (C=O) groups is 2. The lowest BCUT2D eigenvalue weighted by Crippen LogP contribution is -2.14. The highest BCUT2D eigenvalue weighted by molar-refractivity contribution is 7.12. The van der Waals surface area contributed by atoms with Crippen LogP contribution in [-0.2, 0) is 9.53 Å². The smallest absolute Gasteiger partial charge is 0.349 e. The zero-order valence-electron chi connectivity index (χ0n) is 11.9. The fourth-order valence-electron chi connectivity index (χ4n) is 1.68. The summed E-state index contributed by atoms with van der Waals surface area (Å²) in [7, 11) is 0. The van der Waals surface area contributed by atoms with Crippen LogP contribution in [0.4, 0.5) is 0 Å². The topological polar surface area (TPSA) is 67.2 Å². The van der Waals surface area contributed by atoms with Crippen LogP contribution in [0, 0.1) is 18.3 Å². The number of esters is 1. The van der Waals surface area contributed by atoms with E-state index in [1.807, 2.05) is 19.1 Å². The van der Waals surface area contributed by atoms with Gasteiger partial charge in [-0.15, -0.1) is 11.3 Å². The molecule has 0 aliphatic carbocycles. The first kappa shape index (κ1) is 15.7. The van der Waals surface area contributed by atoms with E-state index in [0.29, 0.717) is 4.88 Å². The Morgan fingerprint density at radius 1 is 1.27 bits per heavy atom. The van der Waals surface area contributed by atoms with E-state index in [1.54, 1.807) is 35.7 Å². The van der Waals surface area contributed by atoms with E-state index in [9.17, 15) is 9.59 Å². The number of rotatable bonds is 5. The predicted octanol–water partition coefficient (Wildman–Crippen LogP) is 3.39. The number of carbonyl (C=O) groups excluding carboxylic acids is 2. The van der Waals surface area contributed by atoms with Crippen molar-refractivity contribution in [3.63, 3.8) is 0 Å². The number of benzene rings is 1. The fourth-order valence-corrected chi connectivity index (χ4v) is 2.33. The molecule has 0 radical (unpaired) electrons. The number of hydrogen-bond acceptors (Lipinski definition) is 5. The van der Waals surface area contributed by atoms with Crippen molar-refractivity contribution >= 4 is 29.2 Å². The largest absolute Gasteiger partial charge is 0.453 e. The van der Waals surface area contributed by atoms with Gasteiger partial charge in [0.05, 0.1) is 4.88 Å². The Kier molecular flexibility index (Phi) is 5.23.